The standard InChI is InChI=1S/C17H26N2O4/c1-4-23-15-11-13(5-6-14(15)21-2)12-19-16(20)17(22-3)7-9-18-10-8-17/h5-6,11,18H,4,7-10,12H2,1-3H3,(H,19,20). The molecule has 0 aliphatic carbocycles. The van der Waals surface area contributed by atoms with Crippen LogP contribution in [0.15, 0.2) is 18.2 Å². The van der Waals surface area contributed by atoms with Crippen molar-refractivity contribution in [3.63, 3.8) is 0 Å². The van der Waals surface area contributed by atoms with E-state index in [1.54, 1.807) is 14.2 Å². The lowest BCUT2D eigenvalue weighted by Gasteiger charge is -2.34. The van der Waals surface area contributed by atoms with Gasteiger partial charge in [0.1, 0.15) is 5.60 Å². The van der Waals surface area contributed by atoms with Crippen LogP contribution in [0.2, 0.25) is 0 Å². The number of piperidine rings is 1. The molecule has 1 aliphatic rings. The van der Waals surface area contributed by atoms with Crippen molar-refractivity contribution in [2.45, 2.75) is 31.9 Å². The highest BCUT2D eigenvalue weighted by Crippen LogP contribution is 2.28. The Morgan fingerprint density at radius 2 is 2.00 bits per heavy atom. The molecule has 1 fully saturated rings. The normalized spacial score (nSPS) is 16.7. The number of carbonyl (C=O) groups is 1. The number of methoxy groups -OCH3 is 2. The molecule has 6 heteroatoms. The second kappa shape index (κ2) is 8.17. The van der Waals surface area contributed by atoms with E-state index < -0.39 is 5.60 Å². The SMILES string of the molecule is CCOc1cc(CNC(=O)C2(OC)CCNCC2)ccc1OC. The second-order valence-electron chi connectivity index (χ2n) is 5.55. The molecule has 0 spiro atoms. The van der Waals surface area contributed by atoms with Crippen LogP contribution in [0.25, 0.3) is 0 Å². The topological polar surface area (TPSA) is 68.8 Å². The minimum Gasteiger partial charge on any atom is -0.493 e. The maximum atomic E-state index is 12.5. The summed E-state index contributed by atoms with van der Waals surface area (Å²) in [6, 6.07) is 5.66. The maximum absolute atomic E-state index is 12.5. The average molecular weight is 322 g/mol. The van der Waals surface area contributed by atoms with Crippen molar-refractivity contribution in [3.05, 3.63) is 23.8 Å². The molecule has 6 nitrogen and oxygen atoms in total. The third-order valence-electron chi connectivity index (χ3n) is 4.20. The quantitative estimate of drug-likeness (QED) is 0.796. The van der Waals surface area contributed by atoms with Crippen LogP contribution < -0.4 is 20.1 Å². The lowest BCUT2D eigenvalue weighted by atomic mass is 9.91. The first-order valence-electron chi connectivity index (χ1n) is 7.99. The van der Waals surface area contributed by atoms with Crippen molar-refractivity contribution in [2.75, 3.05) is 33.9 Å². The number of nitrogens with one attached hydrogen (secondary N) is 2. The zero-order valence-electron chi connectivity index (χ0n) is 14.1. The Morgan fingerprint density at radius 3 is 2.61 bits per heavy atom. The van der Waals surface area contributed by atoms with Crippen LogP contribution in [0.4, 0.5) is 0 Å². The number of carbonyl (C=O) groups excluding carboxylic acids is 1. The zero-order valence-corrected chi connectivity index (χ0v) is 14.1. The van der Waals surface area contributed by atoms with Gasteiger partial charge in [-0.25, -0.2) is 0 Å². The van der Waals surface area contributed by atoms with Gasteiger partial charge in [0, 0.05) is 13.7 Å². The first-order chi connectivity index (χ1) is 11.1. The highest BCUT2D eigenvalue weighted by atomic mass is 16.5. The fourth-order valence-corrected chi connectivity index (χ4v) is 2.80. The molecule has 1 heterocycles. The molecular formula is C17H26N2O4. The summed E-state index contributed by atoms with van der Waals surface area (Å²) in [5.41, 5.74) is 0.239. The molecule has 1 saturated heterocycles. The number of benzene rings is 1. The van der Waals surface area contributed by atoms with Crippen LogP contribution in [0, 0.1) is 0 Å². The molecule has 1 aliphatic heterocycles. The van der Waals surface area contributed by atoms with Crippen molar-refractivity contribution >= 4 is 5.91 Å². The van der Waals surface area contributed by atoms with Crippen LogP contribution >= 0.6 is 0 Å². The summed E-state index contributed by atoms with van der Waals surface area (Å²) in [5, 5.41) is 6.23. The molecule has 2 rings (SSSR count). The smallest absolute Gasteiger partial charge is 0.252 e. The van der Waals surface area contributed by atoms with Gasteiger partial charge in [-0.3, -0.25) is 4.79 Å². The van der Waals surface area contributed by atoms with E-state index >= 15 is 0 Å². The number of rotatable bonds is 7. The van der Waals surface area contributed by atoms with Crippen molar-refractivity contribution in [3.8, 4) is 11.5 Å². The highest BCUT2D eigenvalue weighted by molar-refractivity contribution is 5.85. The van der Waals surface area contributed by atoms with Gasteiger partial charge in [0.15, 0.2) is 11.5 Å². The van der Waals surface area contributed by atoms with E-state index in [0.717, 1.165) is 18.7 Å². The monoisotopic (exact) mass is 322 g/mol. The Labute approximate surface area is 137 Å². The van der Waals surface area contributed by atoms with Crippen molar-refractivity contribution in [2.24, 2.45) is 0 Å². The zero-order chi connectivity index (χ0) is 16.7. The molecule has 2 N–H and O–H groups in total. The van der Waals surface area contributed by atoms with Gasteiger partial charge in [-0.15, -0.1) is 0 Å². The molecular weight excluding hydrogens is 296 g/mol. The van der Waals surface area contributed by atoms with E-state index in [0.29, 0.717) is 37.5 Å². The van der Waals surface area contributed by atoms with Crippen LogP contribution in [0.5, 0.6) is 11.5 Å². The predicted octanol–water partition coefficient (Wildman–Crippen LogP) is 1.48. The first kappa shape index (κ1) is 17.6. The molecule has 0 saturated carbocycles. The van der Waals surface area contributed by atoms with Crippen LogP contribution in [-0.4, -0.2) is 45.4 Å². The Bertz CT molecular complexity index is 527. The van der Waals surface area contributed by atoms with Gasteiger partial charge < -0.3 is 24.8 Å². The summed E-state index contributed by atoms with van der Waals surface area (Å²) in [6.07, 6.45) is 1.37. The Hall–Kier alpha value is -1.79. The van der Waals surface area contributed by atoms with E-state index in [4.69, 9.17) is 14.2 Å². The lowest BCUT2D eigenvalue weighted by Crippen LogP contribution is -2.53. The van der Waals surface area contributed by atoms with Gasteiger partial charge in [-0.2, -0.15) is 0 Å². The van der Waals surface area contributed by atoms with Crippen LogP contribution in [0.1, 0.15) is 25.3 Å². The van der Waals surface area contributed by atoms with Crippen LogP contribution in [0.3, 0.4) is 0 Å². The van der Waals surface area contributed by atoms with E-state index in [9.17, 15) is 4.79 Å². The van der Waals surface area contributed by atoms with Gasteiger partial charge in [0.2, 0.25) is 0 Å². The molecule has 0 radical (unpaired) electrons. The van der Waals surface area contributed by atoms with E-state index in [-0.39, 0.29) is 5.91 Å². The Kier molecular flexibility index (Phi) is 6.24. The summed E-state index contributed by atoms with van der Waals surface area (Å²) in [6.45, 7) is 4.50. The predicted molar refractivity (Wildman–Crippen MR) is 87.9 cm³/mol. The summed E-state index contributed by atoms with van der Waals surface area (Å²) in [7, 11) is 3.21. The average Bonchev–Trinajstić information content (AvgIpc) is 2.60. The summed E-state index contributed by atoms with van der Waals surface area (Å²) < 4.78 is 16.4. The van der Waals surface area contributed by atoms with E-state index in [2.05, 4.69) is 10.6 Å². The molecule has 0 atom stereocenters. The van der Waals surface area contributed by atoms with Crippen molar-refractivity contribution in [1.82, 2.24) is 10.6 Å². The first-order valence-corrected chi connectivity index (χ1v) is 7.99. The van der Waals surface area contributed by atoms with Gasteiger partial charge in [-0.1, -0.05) is 6.07 Å². The van der Waals surface area contributed by atoms with Crippen molar-refractivity contribution in [1.29, 1.82) is 0 Å². The minimum absolute atomic E-state index is 0.0599. The van der Waals surface area contributed by atoms with Gasteiger partial charge >= 0.3 is 0 Å². The van der Waals surface area contributed by atoms with Gasteiger partial charge in [-0.05, 0) is 50.6 Å². The molecule has 1 aromatic rings. The highest BCUT2D eigenvalue weighted by Gasteiger charge is 2.39. The van der Waals surface area contributed by atoms with E-state index in [1.165, 1.54) is 0 Å². The molecule has 0 bridgehead atoms. The number of amides is 1. The molecule has 0 aromatic heterocycles. The molecule has 1 aromatic carbocycles. The van der Waals surface area contributed by atoms with Crippen molar-refractivity contribution < 1.29 is 19.0 Å². The Morgan fingerprint density at radius 1 is 1.26 bits per heavy atom. The third-order valence-corrected chi connectivity index (χ3v) is 4.20. The van der Waals surface area contributed by atoms with Gasteiger partial charge in [0.25, 0.3) is 5.91 Å². The molecule has 23 heavy (non-hydrogen) atoms. The minimum atomic E-state index is -0.722. The summed E-state index contributed by atoms with van der Waals surface area (Å²) >= 11 is 0. The molecule has 0 unspecified atom stereocenters. The largest absolute Gasteiger partial charge is 0.493 e. The van der Waals surface area contributed by atoms with Crippen LogP contribution in [-0.2, 0) is 16.1 Å². The summed E-state index contributed by atoms with van der Waals surface area (Å²) in [4.78, 5) is 12.5. The molecule has 1 amide bonds. The van der Waals surface area contributed by atoms with E-state index in [1.807, 2.05) is 25.1 Å². The maximum Gasteiger partial charge on any atom is 0.252 e. The number of ether oxygens (including phenoxy) is 3. The van der Waals surface area contributed by atoms with Gasteiger partial charge in [0.05, 0.1) is 13.7 Å². The second-order valence-corrected chi connectivity index (χ2v) is 5.55. The number of hydrogen-bond donors (Lipinski definition) is 2. The Balaban J connectivity index is 2.02. The molecule has 128 valence electrons. The fraction of sp³-hybridized carbons (Fsp3) is 0.588. The number of hydrogen-bond acceptors (Lipinski definition) is 5. The third kappa shape index (κ3) is 4.14. The fourth-order valence-electron chi connectivity index (χ4n) is 2.80. The lowest BCUT2D eigenvalue weighted by molar-refractivity contribution is -0.146. The summed E-state index contributed by atoms with van der Waals surface area (Å²) in [5.74, 6) is 1.31.